The number of thioether (sulfide) groups is 1. The van der Waals surface area contributed by atoms with Crippen molar-refractivity contribution in [3.63, 3.8) is 0 Å². The van der Waals surface area contributed by atoms with Crippen LogP contribution in [0.2, 0.25) is 10.0 Å². The van der Waals surface area contributed by atoms with E-state index in [1.54, 1.807) is 11.0 Å². The summed E-state index contributed by atoms with van der Waals surface area (Å²) >= 11 is 13.5. The van der Waals surface area contributed by atoms with E-state index in [4.69, 9.17) is 23.2 Å². The van der Waals surface area contributed by atoms with E-state index in [2.05, 4.69) is 5.32 Å². The minimum absolute atomic E-state index is 0.0559. The molecule has 0 heterocycles. The highest BCUT2D eigenvalue weighted by molar-refractivity contribution is 7.99. The second kappa shape index (κ2) is 12.2. The number of rotatable bonds is 10. The molecule has 0 saturated carbocycles. The van der Waals surface area contributed by atoms with E-state index in [1.165, 1.54) is 11.8 Å². The Kier molecular flexibility index (Phi) is 10.0. The van der Waals surface area contributed by atoms with Crippen LogP contribution in [-0.4, -0.2) is 35.1 Å². The van der Waals surface area contributed by atoms with Crippen LogP contribution in [0.25, 0.3) is 0 Å². The second-order valence-corrected chi connectivity index (χ2v) is 8.87. The average molecular weight is 467 g/mol. The van der Waals surface area contributed by atoms with Crippen LogP contribution in [0.1, 0.15) is 37.0 Å². The summed E-state index contributed by atoms with van der Waals surface area (Å²) in [5, 5.41) is 3.87. The van der Waals surface area contributed by atoms with Gasteiger partial charge in [0.1, 0.15) is 6.04 Å². The molecular weight excluding hydrogens is 439 g/mol. The van der Waals surface area contributed by atoms with Crippen LogP contribution in [0.5, 0.6) is 0 Å². The Balaban J connectivity index is 2.11. The third kappa shape index (κ3) is 7.22. The first kappa shape index (κ1) is 24.6. The van der Waals surface area contributed by atoms with Crippen LogP contribution in [-0.2, 0) is 21.9 Å². The Morgan fingerprint density at radius 2 is 1.83 bits per heavy atom. The van der Waals surface area contributed by atoms with Crippen LogP contribution in [0.3, 0.4) is 0 Å². The van der Waals surface area contributed by atoms with Gasteiger partial charge in [-0.25, -0.2) is 0 Å². The molecule has 0 aromatic heterocycles. The molecule has 0 unspecified atom stereocenters. The van der Waals surface area contributed by atoms with Gasteiger partial charge in [0.15, 0.2) is 0 Å². The van der Waals surface area contributed by atoms with Crippen molar-refractivity contribution >= 4 is 46.8 Å². The molecule has 1 atom stereocenters. The SMILES string of the molecule is CCNC(=O)[C@H](CC)N(Cc1cccc(C)c1)C(=O)CSCc1ccc(Cl)c(Cl)c1. The molecule has 30 heavy (non-hydrogen) atoms. The molecule has 0 aliphatic carbocycles. The van der Waals surface area contributed by atoms with Gasteiger partial charge in [0, 0.05) is 18.8 Å². The van der Waals surface area contributed by atoms with Crippen molar-refractivity contribution in [3.05, 3.63) is 69.2 Å². The Bertz CT molecular complexity index is 876. The second-order valence-electron chi connectivity index (χ2n) is 7.07. The first-order valence-electron chi connectivity index (χ1n) is 10.00. The van der Waals surface area contributed by atoms with Crippen molar-refractivity contribution in [1.82, 2.24) is 10.2 Å². The van der Waals surface area contributed by atoms with E-state index < -0.39 is 6.04 Å². The molecule has 0 spiro atoms. The molecule has 2 aromatic rings. The molecule has 0 aliphatic heterocycles. The van der Waals surface area contributed by atoms with Crippen LogP contribution in [0.4, 0.5) is 0 Å². The molecular formula is C23H28Cl2N2O2S. The molecule has 1 N–H and O–H groups in total. The third-order valence-electron chi connectivity index (χ3n) is 4.65. The highest BCUT2D eigenvalue weighted by Gasteiger charge is 2.28. The number of benzene rings is 2. The highest BCUT2D eigenvalue weighted by atomic mass is 35.5. The normalized spacial score (nSPS) is 11.8. The molecule has 7 heteroatoms. The Hall–Kier alpha value is -1.69. The van der Waals surface area contributed by atoms with Crippen molar-refractivity contribution in [3.8, 4) is 0 Å². The Morgan fingerprint density at radius 1 is 1.07 bits per heavy atom. The topological polar surface area (TPSA) is 49.4 Å². The van der Waals surface area contributed by atoms with Crippen molar-refractivity contribution in [2.45, 2.75) is 45.5 Å². The Labute approximate surface area is 193 Å². The number of nitrogens with one attached hydrogen (secondary N) is 1. The maximum Gasteiger partial charge on any atom is 0.242 e. The minimum atomic E-state index is -0.497. The summed E-state index contributed by atoms with van der Waals surface area (Å²) in [6.07, 6.45) is 0.556. The number of likely N-dealkylation sites (N-methyl/N-ethyl adjacent to an activating group) is 1. The quantitative estimate of drug-likeness (QED) is 0.504. The van der Waals surface area contributed by atoms with Crippen molar-refractivity contribution in [2.75, 3.05) is 12.3 Å². The van der Waals surface area contributed by atoms with E-state index in [0.29, 0.717) is 35.3 Å². The molecule has 0 fully saturated rings. The summed E-state index contributed by atoms with van der Waals surface area (Å²) in [4.78, 5) is 27.4. The predicted molar refractivity (Wildman–Crippen MR) is 127 cm³/mol. The highest BCUT2D eigenvalue weighted by Crippen LogP contribution is 2.25. The van der Waals surface area contributed by atoms with E-state index in [0.717, 1.165) is 16.7 Å². The van der Waals surface area contributed by atoms with E-state index in [-0.39, 0.29) is 17.6 Å². The van der Waals surface area contributed by atoms with Crippen molar-refractivity contribution in [1.29, 1.82) is 0 Å². The number of halogens is 2. The predicted octanol–water partition coefficient (Wildman–Crippen LogP) is 5.48. The van der Waals surface area contributed by atoms with Crippen LogP contribution in [0.15, 0.2) is 42.5 Å². The fourth-order valence-electron chi connectivity index (χ4n) is 3.19. The molecule has 0 saturated heterocycles. The van der Waals surface area contributed by atoms with Crippen molar-refractivity contribution in [2.24, 2.45) is 0 Å². The average Bonchev–Trinajstić information content (AvgIpc) is 2.70. The number of amides is 2. The maximum atomic E-state index is 13.1. The molecule has 2 amide bonds. The fourth-order valence-corrected chi connectivity index (χ4v) is 4.37. The summed E-state index contributed by atoms with van der Waals surface area (Å²) in [5.41, 5.74) is 3.14. The monoisotopic (exact) mass is 466 g/mol. The van der Waals surface area contributed by atoms with Gasteiger partial charge in [-0.15, -0.1) is 11.8 Å². The number of carbonyl (C=O) groups is 2. The zero-order valence-corrected chi connectivity index (χ0v) is 19.9. The van der Waals surface area contributed by atoms with Gasteiger partial charge in [0.05, 0.1) is 15.8 Å². The van der Waals surface area contributed by atoms with E-state index >= 15 is 0 Å². The zero-order chi connectivity index (χ0) is 22.1. The number of nitrogens with zero attached hydrogens (tertiary/aromatic N) is 1. The summed E-state index contributed by atoms with van der Waals surface area (Å²) in [5.74, 6) is 0.746. The molecule has 162 valence electrons. The lowest BCUT2D eigenvalue weighted by Crippen LogP contribution is -2.49. The summed E-state index contributed by atoms with van der Waals surface area (Å²) in [7, 11) is 0. The van der Waals surface area contributed by atoms with E-state index in [1.807, 2.05) is 57.2 Å². The minimum Gasteiger partial charge on any atom is -0.355 e. The summed E-state index contributed by atoms with van der Waals surface area (Å²) < 4.78 is 0. The van der Waals surface area contributed by atoms with Gasteiger partial charge >= 0.3 is 0 Å². The number of aryl methyl sites for hydroxylation is 1. The van der Waals surface area contributed by atoms with Crippen LogP contribution >= 0.6 is 35.0 Å². The van der Waals surface area contributed by atoms with Gasteiger partial charge in [-0.3, -0.25) is 9.59 Å². The first-order valence-corrected chi connectivity index (χ1v) is 11.9. The van der Waals surface area contributed by atoms with E-state index in [9.17, 15) is 9.59 Å². The summed E-state index contributed by atoms with van der Waals surface area (Å²) in [6, 6.07) is 13.0. The smallest absolute Gasteiger partial charge is 0.242 e. The van der Waals surface area contributed by atoms with Gasteiger partial charge in [0.25, 0.3) is 0 Å². The van der Waals surface area contributed by atoms with Crippen LogP contribution < -0.4 is 5.32 Å². The summed E-state index contributed by atoms with van der Waals surface area (Å²) in [6.45, 7) is 6.77. The molecule has 2 rings (SSSR count). The first-order chi connectivity index (χ1) is 14.3. The van der Waals surface area contributed by atoms with Gasteiger partial charge in [-0.1, -0.05) is 66.0 Å². The zero-order valence-electron chi connectivity index (χ0n) is 17.6. The fraction of sp³-hybridized carbons (Fsp3) is 0.391. The van der Waals surface area contributed by atoms with Crippen LogP contribution in [0, 0.1) is 6.92 Å². The van der Waals surface area contributed by atoms with Gasteiger partial charge < -0.3 is 10.2 Å². The Morgan fingerprint density at radius 3 is 2.47 bits per heavy atom. The molecule has 0 aliphatic rings. The van der Waals surface area contributed by atoms with Gasteiger partial charge in [-0.05, 0) is 43.5 Å². The standard InChI is InChI=1S/C23H28Cl2N2O2S/c1-4-21(23(29)26-5-2)27(13-17-8-6-7-16(3)11-17)22(28)15-30-14-18-9-10-19(24)20(25)12-18/h6-12,21H,4-5,13-15H2,1-3H3,(H,26,29)/t21-/m0/s1. The lowest BCUT2D eigenvalue weighted by Gasteiger charge is -2.30. The molecule has 2 aromatic carbocycles. The largest absolute Gasteiger partial charge is 0.355 e. The molecule has 0 radical (unpaired) electrons. The lowest BCUT2D eigenvalue weighted by molar-refractivity contribution is -0.139. The number of hydrogen-bond donors (Lipinski definition) is 1. The molecule has 4 nitrogen and oxygen atoms in total. The lowest BCUT2D eigenvalue weighted by atomic mass is 10.1. The van der Waals surface area contributed by atoms with Crippen molar-refractivity contribution < 1.29 is 9.59 Å². The van der Waals surface area contributed by atoms with Gasteiger partial charge in [0.2, 0.25) is 11.8 Å². The number of carbonyl (C=O) groups excluding carboxylic acids is 2. The molecule has 0 bridgehead atoms. The third-order valence-corrected chi connectivity index (χ3v) is 6.38. The number of hydrogen-bond acceptors (Lipinski definition) is 3. The maximum absolute atomic E-state index is 13.1. The van der Waals surface area contributed by atoms with Gasteiger partial charge in [-0.2, -0.15) is 0 Å².